The quantitative estimate of drug-likeness (QED) is 0.554. The molecule has 0 aliphatic carbocycles. The summed E-state index contributed by atoms with van der Waals surface area (Å²) in [5.74, 6) is -1.07. The molecule has 0 aliphatic heterocycles. The molecular formula is C15H10N2O4S. The van der Waals surface area contributed by atoms with Crippen molar-refractivity contribution < 1.29 is 14.8 Å². The maximum Gasteiger partial charge on any atom is 0.339 e. The van der Waals surface area contributed by atoms with Crippen LogP contribution in [0.25, 0.3) is 10.1 Å². The molecule has 0 unspecified atom stereocenters. The second-order valence-electron chi connectivity index (χ2n) is 4.51. The fraction of sp³-hybridized carbons (Fsp3) is 0. The third-order valence-electron chi connectivity index (χ3n) is 3.16. The summed E-state index contributed by atoms with van der Waals surface area (Å²) in [5, 5.41) is 24.4. The lowest BCUT2D eigenvalue weighted by atomic mass is 10.1. The van der Waals surface area contributed by atoms with Crippen molar-refractivity contribution in [2.75, 3.05) is 5.32 Å². The van der Waals surface area contributed by atoms with E-state index in [1.54, 1.807) is 30.3 Å². The lowest BCUT2D eigenvalue weighted by Gasteiger charge is -2.05. The average molecular weight is 314 g/mol. The van der Waals surface area contributed by atoms with E-state index in [1.807, 2.05) is 12.1 Å². The number of nitrogens with one attached hydrogen (secondary N) is 1. The van der Waals surface area contributed by atoms with Gasteiger partial charge in [0.1, 0.15) is 16.3 Å². The van der Waals surface area contributed by atoms with Gasteiger partial charge in [-0.15, -0.1) is 11.3 Å². The highest BCUT2D eigenvalue weighted by molar-refractivity contribution is 7.23. The van der Waals surface area contributed by atoms with Gasteiger partial charge in [-0.25, -0.2) is 4.79 Å². The van der Waals surface area contributed by atoms with Gasteiger partial charge in [0, 0.05) is 16.2 Å². The summed E-state index contributed by atoms with van der Waals surface area (Å²) in [4.78, 5) is 22.1. The first-order chi connectivity index (χ1) is 10.6. The summed E-state index contributed by atoms with van der Waals surface area (Å²) < 4.78 is 0.806. The largest absolute Gasteiger partial charge is 0.478 e. The van der Waals surface area contributed by atoms with Crippen molar-refractivity contribution >= 4 is 43.8 Å². The third-order valence-corrected chi connectivity index (χ3v) is 4.24. The topological polar surface area (TPSA) is 92.5 Å². The van der Waals surface area contributed by atoms with Crippen molar-refractivity contribution in [2.24, 2.45) is 0 Å². The van der Waals surface area contributed by atoms with Crippen LogP contribution in [0.3, 0.4) is 0 Å². The van der Waals surface area contributed by atoms with E-state index >= 15 is 0 Å². The highest BCUT2D eigenvalue weighted by Gasteiger charge is 2.20. The van der Waals surface area contributed by atoms with Crippen LogP contribution in [-0.2, 0) is 0 Å². The number of hydrogen-bond donors (Lipinski definition) is 2. The molecule has 0 spiro atoms. The highest BCUT2D eigenvalue weighted by Crippen LogP contribution is 2.38. The Kier molecular flexibility index (Phi) is 3.48. The number of nitro benzene ring substituents is 1. The summed E-state index contributed by atoms with van der Waals surface area (Å²) >= 11 is 1.25. The maximum atomic E-state index is 11.5. The number of carboxylic acids is 1. The molecule has 2 N–H and O–H groups in total. The van der Waals surface area contributed by atoms with Crippen molar-refractivity contribution in [3.63, 3.8) is 0 Å². The first-order valence-corrected chi connectivity index (χ1v) is 7.15. The zero-order valence-corrected chi connectivity index (χ0v) is 12.0. The molecule has 0 atom stereocenters. The summed E-state index contributed by atoms with van der Waals surface area (Å²) in [6.45, 7) is 0. The number of rotatable bonds is 4. The number of hydrogen-bond acceptors (Lipinski definition) is 5. The van der Waals surface area contributed by atoms with Gasteiger partial charge in [-0.05, 0) is 12.1 Å². The van der Waals surface area contributed by atoms with Crippen LogP contribution in [-0.4, -0.2) is 16.0 Å². The Morgan fingerprint density at radius 2 is 1.82 bits per heavy atom. The number of aromatic carboxylic acids is 1. The van der Waals surface area contributed by atoms with E-state index in [4.69, 9.17) is 0 Å². The van der Waals surface area contributed by atoms with E-state index < -0.39 is 10.9 Å². The molecule has 0 fully saturated rings. The number of benzene rings is 2. The fourth-order valence-electron chi connectivity index (χ4n) is 2.21. The minimum atomic E-state index is -1.07. The summed E-state index contributed by atoms with van der Waals surface area (Å²) in [6, 6.07) is 13.3. The molecule has 1 aromatic heterocycles. The standard InChI is InChI=1S/C15H10N2O4S/c18-15(19)13-9-5-1-4-8-12(9)22-14(13)16-10-6-2-3-7-11(10)17(20)21/h1-8,16H,(H,18,19). The van der Waals surface area contributed by atoms with Crippen molar-refractivity contribution in [3.8, 4) is 0 Å². The van der Waals surface area contributed by atoms with E-state index in [9.17, 15) is 20.0 Å². The van der Waals surface area contributed by atoms with E-state index in [2.05, 4.69) is 5.32 Å². The first-order valence-electron chi connectivity index (χ1n) is 6.33. The predicted octanol–water partition coefficient (Wildman–Crippen LogP) is 4.25. The normalized spacial score (nSPS) is 10.5. The van der Waals surface area contributed by atoms with Gasteiger partial charge in [0.25, 0.3) is 5.69 Å². The van der Waals surface area contributed by atoms with Gasteiger partial charge in [0.15, 0.2) is 0 Å². The number of carboxylic acid groups (broad SMARTS) is 1. The zero-order valence-electron chi connectivity index (χ0n) is 11.1. The molecule has 0 radical (unpaired) electrons. The van der Waals surface area contributed by atoms with E-state index in [0.717, 1.165) is 4.70 Å². The lowest BCUT2D eigenvalue weighted by molar-refractivity contribution is -0.383. The molecule has 3 rings (SSSR count). The molecule has 110 valence electrons. The van der Waals surface area contributed by atoms with Crippen LogP contribution in [0.2, 0.25) is 0 Å². The third kappa shape index (κ3) is 2.38. The molecule has 0 amide bonds. The monoisotopic (exact) mass is 314 g/mol. The number of nitrogens with zero attached hydrogens (tertiary/aromatic N) is 1. The van der Waals surface area contributed by atoms with Crippen LogP contribution >= 0.6 is 11.3 Å². The minimum Gasteiger partial charge on any atom is -0.478 e. The molecule has 7 heteroatoms. The van der Waals surface area contributed by atoms with Gasteiger partial charge in [-0.2, -0.15) is 0 Å². The van der Waals surface area contributed by atoms with Crippen molar-refractivity contribution in [3.05, 3.63) is 64.2 Å². The number of nitro groups is 1. The van der Waals surface area contributed by atoms with E-state index in [-0.39, 0.29) is 16.9 Å². The Labute approximate surface area is 128 Å². The Morgan fingerprint density at radius 1 is 1.14 bits per heavy atom. The van der Waals surface area contributed by atoms with Gasteiger partial charge < -0.3 is 10.4 Å². The van der Waals surface area contributed by atoms with E-state index in [0.29, 0.717) is 10.4 Å². The number of thiophene rings is 1. The van der Waals surface area contributed by atoms with Crippen LogP contribution < -0.4 is 5.32 Å². The molecule has 0 bridgehead atoms. The Morgan fingerprint density at radius 3 is 2.55 bits per heavy atom. The summed E-state index contributed by atoms with van der Waals surface area (Å²) in [6.07, 6.45) is 0. The average Bonchev–Trinajstić information content (AvgIpc) is 2.85. The van der Waals surface area contributed by atoms with Crippen LogP contribution in [0.1, 0.15) is 10.4 Å². The predicted molar refractivity (Wildman–Crippen MR) is 85.2 cm³/mol. The van der Waals surface area contributed by atoms with Gasteiger partial charge in [-0.1, -0.05) is 30.3 Å². The number of fused-ring (bicyclic) bond motifs is 1. The number of carbonyl (C=O) groups is 1. The van der Waals surface area contributed by atoms with Crippen LogP contribution in [0.5, 0.6) is 0 Å². The molecule has 2 aromatic carbocycles. The van der Waals surface area contributed by atoms with Crippen LogP contribution in [0.4, 0.5) is 16.4 Å². The second kappa shape index (κ2) is 5.45. The van der Waals surface area contributed by atoms with E-state index in [1.165, 1.54) is 17.4 Å². The highest BCUT2D eigenvalue weighted by atomic mass is 32.1. The summed E-state index contributed by atoms with van der Waals surface area (Å²) in [5.41, 5.74) is 0.289. The summed E-state index contributed by atoms with van der Waals surface area (Å²) in [7, 11) is 0. The number of para-hydroxylation sites is 2. The lowest BCUT2D eigenvalue weighted by Crippen LogP contribution is -2.01. The van der Waals surface area contributed by atoms with Crippen molar-refractivity contribution in [1.29, 1.82) is 0 Å². The van der Waals surface area contributed by atoms with Gasteiger partial charge in [0.2, 0.25) is 0 Å². The van der Waals surface area contributed by atoms with Crippen molar-refractivity contribution in [1.82, 2.24) is 0 Å². The smallest absolute Gasteiger partial charge is 0.339 e. The Hall–Kier alpha value is -2.93. The van der Waals surface area contributed by atoms with Gasteiger partial charge in [0.05, 0.1) is 4.92 Å². The van der Waals surface area contributed by atoms with Gasteiger partial charge >= 0.3 is 5.97 Å². The van der Waals surface area contributed by atoms with Crippen LogP contribution in [0.15, 0.2) is 48.5 Å². The Bertz CT molecular complexity index is 888. The molecule has 1 heterocycles. The molecule has 0 aliphatic rings. The second-order valence-corrected chi connectivity index (χ2v) is 5.56. The first kappa shape index (κ1) is 14.0. The Balaban J connectivity index is 2.14. The molecule has 3 aromatic rings. The molecule has 0 saturated carbocycles. The molecular weight excluding hydrogens is 304 g/mol. The molecule has 6 nitrogen and oxygen atoms in total. The molecule has 0 saturated heterocycles. The minimum absolute atomic E-state index is 0.101. The maximum absolute atomic E-state index is 11.5. The fourth-order valence-corrected chi connectivity index (χ4v) is 3.31. The number of anilines is 2. The molecule has 22 heavy (non-hydrogen) atoms. The van der Waals surface area contributed by atoms with Crippen LogP contribution in [0, 0.1) is 10.1 Å². The van der Waals surface area contributed by atoms with Crippen molar-refractivity contribution in [2.45, 2.75) is 0 Å². The zero-order chi connectivity index (χ0) is 15.7. The van der Waals surface area contributed by atoms with Gasteiger partial charge in [-0.3, -0.25) is 10.1 Å². The SMILES string of the molecule is O=C(O)c1c(Nc2ccccc2[N+](=O)[O-])sc2ccccc12.